The second kappa shape index (κ2) is 7.31. The number of nitrogens with one attached hydrogen (secondary N) is 1. The summed E-state index contributed by atoms with van der Waals surface area (Å²) in [5.41, 5.74) is 6.54. The molecule has 0 unspecified atom stereocenters. The van der Waals surface area contributed by atoms with E-state index in [-0.39, 0.29) is 12.5 Å². The number of anilines is 2. The fourth-order valence-corrected chi connectivity index (χ4v) is 2.77. The first-order valence-electron chi connectivity index (χ1n) is 6.90. The van der Waals surface area contributed by atoms with Gasteiger partial charge in [-0.1, -0.05) is 23.2 Å². The molecule has 0 saturated heterocycles. The van der Waals surface area contributed by atoms with E-state index in [1.807, 2.05) is 0 Å². The lowest BCUT2D eigenvalue weighted by Crippen LogP contribution is -2.32. The third kappa shape index (κ3) is 4.74. The number of halogens is 2. The lowest BCUT2D eigenvalue weighted by Gasteiger charge is -2.20. The van der Waals surface area contributed by atoms with E-state index in [1.165, 1.54) is 6.07 Å². The van der Waals surface area contributed by atoms with Crippen LogP contribution in [0.25, 0.3) is 0 Å². The van der Waals surface area contributed by atoms with Crippen LogP contribution in [0.1, 0.15) is 19.3 Å². The van der Waals surface area contributed by atoms with Gasteiger partial charge in [-0.05, 0) is 25.0 Å². The van der Waals surface area contributed by atoms with Crippen LogP contribution in [0.4, 0.5) is 11.4 Å². The molecule has 0 aromatic heterocycles. The fraction of sp³-hybridized carbons (Fsp3) is 0.500. The standard InChI is InChI=1S/C14H19Cl2N3O2/c15-9-7-11(16)14(12(17)8-9)18-13(21)3-4-19(5-6-20)10-1-2-10/h7-8,10,20H,1-6,17H2,(H,18,21). The predicted molar refractivity (Wildman–Crippen MR) is 85.8 cm³/mol. The van der Waals surface area contributed by atoms with Crippen LogP contribution < -0.4 is 11.1 Å². The second-order valence-corrected chi connectivity index (χ2v) is 5.98. The zero-order valence-corrected chi connectivity index (χ0v) is 13.1. The van der Waals surface area contributed by atoms with E-state index in [2.05, 4.69) is 10.2 Å². The summed E-state index contributed by atoms with van der Waals surface area (Å²) < 4.78 is 0. The van der Waals surface area contributed by atoms with Crippen molar-refractivity contribution < 1.29 is 9.90 Å². The summed E-state index contributed by atoms with van der Waals surface area (Å²) in [5, 5.41) is 12.5. The van der Waals surface area contributed by atoms with Crippen LogP contribution in [0, 0.1) is 0 Å². The Labute approximate surface area is 134 Å². The van der Waals surface area contributed by atoms with Crippen LogP contribution in [0.15, 0.2) is 12.1 Å². The maximum atomic E-state index is 12.0. The van der Waals surface area contributed by atoms with Crippen LogP contribution in [0.3, 0.4) is 0 Å². The topological polar surface area (TPSA) is 78.6 Å². The van der Waals surface area contributed by atoms with Gasteiger partial charge in [0, 0.05) is 30.6 Å². The number of aliphatic hydroxyl groups is 1. The summed E-state index contributed by atoms with van der Waals surface area (Å²) >= 11 is 11.9. The molecule has 0 aliphatic heterocycles. The molecule has 21 heavy (non-hydrogen) atoms. The number of carbonyl (C=O) groups is 1. The summed E-state index contributed by atoms with van der Waals surface area (Å²) in [5.74, 6) is -0.158. The number of nitrogens with zero attached hydrogens (tertiary/aromatic N) is 1. The number of carbonyl (C=O) groups excluding carboxylic acids is 1. The second-order valence-electron chi connectivity index (χ2n) is 5.14. The monoisotopic (exact) mass is 331 g/mol. The zero-order chi connectivity index (χ0) is 15.4. The quantitative estimate of drug-likeness (QED) is 0.670. The van der Waals surface area contributed by atoms with E-state index in [9.17, 15) is 4.79 Å². The van der Waals surface area contributed by atoms with Crippen LogP contribution in [0.5, 0.6) is 0 Å². The van der Waals surface area contributed by atoms with Gasteiger partial charge < -0.3 is 16.2 Å². The molecule has 2 rings (SSSR count). The number of amides is 1. The minimum absolute atomic E-state index is 0.105. The number of hydrogen-bond acceptors (Lipinski definition) is 4. The Morgan fingerprint density at radius 2 is 2.10 bits per heavy atom. The Morgan fingerprint density at radius 3 is 2.67 bits per heavy atom. The summed E-state index contributed by atoms with van der Waals surface area (Å²) in [7, 11) is 0. The van der Waals surface area contributed by atoms with Gasteiger partial charge in [-0.15, -0.1) is 0 Å². The van der Waals surface area contributed by atoms with E-state index in [0.29, 0.717) is 47.0 Å². The molecule has 1 aromatic rings. The molecule has 1 aliphatic carbocycles. The van der Waals surface area contributed by atoms with Crippen LogP contribution in [-0.4, -0.2) is 41.7 Å². The van der Waals surface area contributed by atoms with Crippen molar-refractivity contribution in [1.29, 1.82) is 0 Å². The lowest BCUT2D eigenvalue weighted by atomic mass is 10.2. The maximum Gasteiger partial charge on any atom is 0.225 e. The Hall–Kier alpha value is -1.01. The molecule has 1 aromatic carbocycles. The van der Waals surface area contributed by atoms with Crippen molar-refractivity contribution >= 4 is 40.5 Å². The van der Waals surface area contributed by atoms with Crippen LogP contribution in [0.2, 0.25) is 10.0 Å². The van der Waals surface area contributed by atoms with Crippen LogP contribution in [-0.2, 0) is 4.79 Å². The van der Waals surface area contributed by atoms with E-state index >= 15 is 0 Å². The van der Waals surface area contributed by atoms with Gasteiger partial charge in [0.1, 0.15) is 0 Å². The highest BCUT2D eigenvalue weighted by atomic mass is 35.5. The van der Waals surface area contributed by atoms with Crippen molar-refractivity contribution in [2.45, 2.75) is 25.3 Å². The number of aliphatic hydroxyl groups excluding tert-OH is 1. The summed E-state index contributed by atoms with van der Waals surface area (Å²) in [4.78, 5) is 14.1. The minimum Gasteiger partial charge on any atom is -0.397 e. The average Bonchev–Trinajstić information content (AvgIpc) is 3.23. The maximum absolute atomic E-state index is 12.0. The minimum atomic E-state index is -0.158. The molecule has 116 valence electrons. The Morgan fingerprint density at radius 1 is 1.38 bits per heavy atom. The van der Waals surface area contributed by atoms with Crippen molar-refractivity contribution in [3.63, 3.8) is 0 Å². The van der Waals surface area contributed by atoms with Crippen molar-refractivity contribution in [3.05, 3.63) is 22.2 Å². The molecule has 4 N–H and O–H groups in total. The zero-order valence-electron chi connectivity index (χ0n) is 11.6. The molecular weight excluding hydrogens is 313 g/mol. The highest BCUT2D eigenvalue weighted by Gasteiger charge is 2.28. The molecule has 1 fully saturated rings. The highest BCUT2D eigenvalue weighted by molar-refractivity contribution is 6.37. The van der Waals surface area contributed by atoms with Gasteiger partial charge in [0.2, 0.25) is 5.91 Å². The molecule has 1 amide bonds. The van der Waals surface area contributed by atoms with Crippen molar-refractivity contribution in [2.24, 2.45) is 0 Å². The molecule has 0 radical (unpaired) electrons. The Balaban J connectivity index is 1.89. The van der Waals surface area contributed by atoms with E-state index in [1.54, 1.807) is 6.07 Å². The molecule has 1 aliphatic rings. The number of hydrogen-bond donors (Lipinski definition) is 3. The predicted octanol–water partition coefficient (Wildman–Crippen LogP) is 2.36. The highest BCUT2D eigenvalue weighted by Crippen LogP contribution is 2.32. The largest absolute Gasteiger partial charge is 0.397 e. The molecular formula is C14H19Cl2N3O2. The number of nitrogens with two attached hydrogens (primary N) is 1. The van der Waals surface area contributed by atoms with Gasteiger partial charge in [0.05, 0.1) is 23.0 Å². The molecule has 0 spiro atoms. The Kier molecular flexibility index (Phi) is 5.70. The summed E-state index contributed by atoms with van der Waals surface area (Å²) in [6, 6.07) is 3.59. The SMILES string of the molecule is Nc1cc(Cl)cc(Cl)c1NC(=O)CCN(CCO)C1CC1. The number of nitrogen functional groups attached to an aromatic ring is 1. The molecule has 1 saturated carbocycles. The molecule has 7 heteroatoms. The first kappa shape index (κ1) is 16.4. The van der Waals surface area contributed by atoms with Gasteiger partial charge in [0.25, 0.3) is 0 Å². The normalized spacial score (nSPS) is 14.5. The number of rotatable bonds is 7. The third-order valence-corrected chi connectivity index (χ3v) is 3.94. The van der Waals surface area contributed by atoms with Gasteiger partial charge in [0.15, 0.2) is 0 Å². The number of benzene rings is 1. The van der Waals surface area contributed by atoms with E-state index in [4.69, 9.17) is 34.0 Å². The van der Waals surface area contributed by atoms with Gasteiger partial charge in [-0.3, -0.25) is 9.69 Å². The van der Waals surface area contributed by atoms with Crippen molar-refractivity contribution in [2.75, 3.05) is 30.7 Å². The first-order valence-corrected chi connectivity index (χ1v) is 7.66. The smallest absolute Gasteiger partial charge is 0.225 e. The molecule has 0 heterocycles. The van der Waals surface area contributed by atoms with E-state index < -0.39 is 0 Å². The van der Waals surface area contributed by atoms with Gasteiger partial charge >= 0.3 is 0 Å². The van der Waals surface area contributed by atoms with Gasteiger partial charge in [-0.2, -0.15) is 0 Å². The molecule has 0 bridgehead atoms. The lowest BCUT2D eigenvalue weighted by molar-refractivity contribution is -0.116. The third-order valence-electron chi connectivity index (χ3n) is 3.43. The average molecular weight is 332 g/mol. The first-order chi connectivity index (χ1) is 10.0. The van der Waals surface area contributed by atoms with Crippen molar-refractivity contribution in [1.82, 2.24) is 4.90 Å². The van der Waals surface area contributed by atoms with Crippen molar-refractivity contribution in [3.8, 4) is 0 Å². The van der Waals surface area contributed by atoms with E-state index in [0.717, 1.165) is 12.8 Å². The molecule has 5 nitrogen and oxygen atoms in total. The van der Waals surface area contributed by atoms with Crippen LogP contribution >= 0.6 is 23.2 Å². The summed E-state index contributed by atoms with van der Waals surface area (Å²) in [6.45, 7) is 1.32. The Bertz CT molecular complexity index is 498. The van der Waals surface area contributed by atoms with Gasteiger partial charge in [-0.25, -0.2) is 0 Å². The summed E-state index contributed by atoms with van der Waals surface area (Å²) in [6.07, 6.45) is 2.60. The molecule has 0 atom stereocenters. The fourth-order valence-electron chi connectivity index (χ4n) is 2.22.